The number of carbonyl (C=O) groups is 4. The number of carbonyl (C=O) groups excluding carboxylic acids is 4. The first kappa shape index (κ1) is 41.3. The first-order valence-electron chi connectivity index (χ1n) is 16.7. The second kappa shape index (κ2) is 16.5. The Balaban J connectivity index is 1.59. The van der Waals surface area contributed by atoms with E-state index in [1.165, 1.54) is 6.92 Å². The third kappa shape index (κ3) is 8.66. The van der Waals surface area contributed by atoms with Crippen molar-refractivity contribution >= 4 is 34.8 Å². The number of hydrogen-bond acceptors (Lipinski definition) is 21. The molecule has 0 amide bonds. The number of esters is 4. The first-order chi connectivity index (χ1) is 26.3. The lowest BCUT2D eigenvalue weighted by Crippen LogP contribution is -2.65. The van der Waals surface area contributed by atoms with Gasteiger partial charge in [0.15, 0.2) is 41.5 Å². The Morgan fingerprint density at radius 3 is 1.88 bits per heavy atom. The van der Waals surface area contributed by atoms with E-state index in [2.05, 4.69) is 0 Å². The lowest BCUT2D eigenvalue weighted by molar-refractivity contribution is -0.350. The van der Waals surface area contributed by atoms with Crippen LogP contribution in [0.3, 0.4) is 0 Å². The standard InChI is InChI=1S/C35H38O21/c1-11-28(55-34-27(47)30(50-13(3)37)25(45)22(54-34)10-48-12(2)36)32(51-14(4)38)33(52-15(5)39)35(49-11)56-31-26(46)23-18(41)8-17(40)9-21(23)53-29(31)16-6-19(42)24(44)20(43)7-16/h6-9,11,22,25,27-28,30,32-35,40-45,47H,10H2,1-5H3/t11?,22?,25-,27+,28+,30?,32+,33?,34+,35+/m1/s1. The van der Waals surface area contributed by atoms with Crippen LogP contribution in [0.25, 0.3) is 22.3 Å². The average Bonchev–Trinajstić information content (AvgIpc) is 3.09. The topological polar surface area (TPSA) is 314 Å². The van der Waals surface area contributed by atoms with Gasteiger partial charge in [-0.05, 0) is 19.1 Å². The van der Waals surface area contributed by atoms with E-state index in [0.717, 1.165) is 52.0 Å². The Morgan fingerprint density at radius 1 is 0.696 bits per heavy atom. The molecule has 4 unspecified atom stereocenters. The van der Waals surface area contributed by atoms with Crippen molar-refractivity contribution in [2.24, 2.45) is 0 Å². The average molecular weight is 795 g/mol. The van der Waals surface area contributed by atoms with E-state index >= 15 is 0 Å². The fourth-order valence-electron chi connectivity index (χ4n) is 6.15. The number of benzene rings is 2. The molecule has 0 radical (unpaired) electrons. The summed E-state index contributed by atoms with van der Waals surface area (Å²) in [6, 6.07) is 3.54. The molecule has 5 rings (SSSR count). The summed E-state index contributed by atoms with van der Waals surface area (Å²) in [6.45, 7) is 4.81. The molecule has 21 heteroatoms. The third-order valence-corrected chi connectivity index (χ3v) is 8.50. The fourth-order valence-corrected chi connectivity index (χ4v) is 6.15. The first-order valence-corrected chi connectivity index (χ1v) is 16.7. The normalized spacial score (nSPS) is 27.6. The highest BCUT2D eigenvalue weighted by atomic mass is 16.8. The molecule has 2 aromatic carbocycles. The summed E-state index contributed by atoms with van der Waals surface area (Å²) in [5.41, 5.74) is -1.83. The zero-order valence-electron chi connectivity index (χ0n) is 30.1. The molecule has 1 aromatic heterocycles. The van der Waals surface area contributed by atoms with Gasteiger partial charge in [-0.3, -0.25) is 24.0 Å². The number of fused-ring (bicyclic) bond motifs is 1. The Hall–Kier alpha value is -5.87. The van der Waals surface area contributed by atoms with Gasteiger partial charge in [0.2, 0.25) is 23.6 Å². The van der Waals surface area contributed by atoms with Crippen LogP contribution in [0.4, 0.5) is 0 Å². The SMILES string of the molecule is CC(=O)OCC1O[C@@H](O[C@H]2C(C)O[C@@H](Oc3c(-c4cc(O)c(O)c(O)c4)oc4cc(O)cc(O)c4c3=O)C(OC(C)=O)[C@H]2OC(C)=O)[C@@H](O)C(OC(C)=O)[C@@H]1O. The Morgan fingerprint density at radius 2 is 1.29 bits per heavy atom. The minimum absolute atomic E-state index is 0.295. The van der Waals surface area contributed by atoms with Crippen LogP contribution in [-0.4, -0.2) is 128 Å². The molecule has 7 N–H and O–H groups in total. The van der Waals surface area contributed by atoms with Crippen LogP contribution >= 0.6 is 0 Å². The summed E-state index contributed by atoms with van der Waals surface area (Å²) in [5.74, 6) is -8.99. The molecule has 3 aromatic rings. The summed E-state index contributed by atoms with van der Waals surface area (Å²) in [4.78, 5) is 62.5. The zero-order chi connectivity index (χ0) is 41.3. The number of rotatable bonds is 10. The van der Waals surface area contributed by atoms with Crippen LogP contribution in [0.1, 0.15) is 34.6 Å². The molecule has 0 spiro atoms. The lowest BCUT2D eigenvalue weighted by Gasteiger charge is -2.47. The van der Waals surface area contributed by atoms with E-state index in [4.69, 9.17) is 42.3 Å². The maximum Gasteiger partial charge on any atom is 0.303 e. The quantitative estimate of drug-likeness (QED) is 0.0824. The van der Waals surface area contributed by atoms with Crippen LogP contribution in [0.15, 0.2) is 33.5 Å². The van der Waals surface area contributed by atoms with Gasteiger partial charge in [-0.1, -0.05) is 0 Å². The highest BCUT2D eigenvalue weighted by molar-refractivity contribution is 5.88. The van der Waals surface area contributed by atoms with E-state index in [-0.39, 0.29) is 5.56 Å². The monoisotopic (exact) mass is 794 g/mol. The predicted octanol–water partition coefficient (Wildman–Crippen LogP) is 0.302. The molecule has 0 bridgehead atoms. The van der Waals surface area contributed by atoms with Crippen LogP contribution in [0.5, 0.6) is 34.5 Å². The van der Waals surface area contributed by atoms with Gasteiger partial charge >= 0.3 is 23.9 Å². The van der Waals surface area contributed by atoms with E-state index in [1.54, 1.807) is 0 Å². The summed E-state index contributed by atoms with van der Waals surface area (Å²) >= 11 is 0. The number of aliphatic hydroxyl groups excluding tert-OH is 2. The summed E-state index contributed by atoms with van der Waals surface area (Å²) in [6.07, 6.45) is -17.0. The van der Waals surface area contributed by atoms with Gasteiger partial charge in [-0.2, -0.15) is 0 Å². The molecule has 56 heavy (non-hydrogen) atoms. The van der Waals surface area contributed by atoms with Crippen LogP contribution in [0.2, 0.25) is 0 Å². The van der Waals surface area contributed by atoms with Gasteiger partial charge in [-0.15, -0.1) is 0 Å². The Kier molecular flexibility index (Phi) is 12.1. The molecule has 2 saturated heterocycles. The van der Waals surface area contributed by atoms with Crippen LogP contribution in [-0.2, 0) is 52.3 Å². The second-order valence-corrected chi connectivity index (χ2v) is 12.8. The second-order valence-electron chi connectivity index (χ2n) is 12.8. The summed E-state index contributed by atoms with van der Waals surface area (Å²) in [7, 11) is 0. The van der Waals surface area contributed by atoms with Crippen LogP contribution in [0, 0.1) is 0 Å². The Bertz CT molecular complexity index is 2040. The number of phenols is 5. The van der Waals surface area contributed by atoms with Crippen molar-refractivity contribution in [3.8, 4) is 45.8 Å². The van der Waals surface area contributed by atoms with E-state index in [1.807, 2.05) is 0 Å². The minimum Gasteiger partial charge on any atom is -0.508 e. The molecule has 0 aliphatic carbocycles. The van der Waals surface area contributed by atoms with Crippen molar-refractivity contribution in [1.82, 2.24) is 0 Å². The molecule has 2 aliphatic heterocycles. The maximum absolute atomic E-state index is 14.1. The molecule has 2 aliphatic rings. The molecule has 0 saturated carbocycles. The maximum atomic E-state index is 14.1. The Labute approximate surface area is 315 Å². The highest BCUT2D eigenvalue weighted by Crippen LogP contribution is 2.43. The van der Waals surface area contributed by atoms with Gasteiger partial charge in [0.05, 0.1) is 6.10 Å². The van der Waals surface area contributed by atoms with Crippen molar-refractivity contribution in [2.75, 3.05) is 6.61 Å². The number of aromatic hydroxyl groups is 5. The summed E-state index contributed by atoms with van der Waals surface area (Å²) < 4.78 is 50.7. The molecular weight excluding hydrogens is 756 g/mol. The van der Waals surface area contributed by atoms with Crippen molar-refractivity contribution in [1.29, 1.82) is 0 Å². The predicted molar refractivity (Wildman–Crippen MR) is 180 cm³/mol. The minimum atomic E-state index is -1.93. The van der Waals surface area contributed by atoms with Gasteiger partial charge in [-0.25, -0.2) is 0 Å². The van der Waals surface area contributed by atoms with Crippen molar-refractivity contribution < 1.29 is 97.2 Å². The van der Waals surface area contributed by atoms with Gasteiger partial charge in [0.1, 0.15) is 53.5 Å². The molecule has 304 valence electrons. The number of aliphatic hydroxyl groups is 2. The number of hydrogen-bond donors (Lipinski definition) is 7. The molecule has 2 fully saturated rings. The summed E-state index contributed by atoms with van der Waals surface area (Å²) in [5, 5.41) is 72.6. The molecular formula is C35H38O21. The van der Waals surface area contributed by atoms with E-state index in [9.17, 15) is 59.7 Å². The van der Waals surface area contributed by atoms with Crippen molar-refractivity contribution in [2.45, 2.75) is 96.0 Å². The van der Waals surface area contributed by atoms with E-state index < -0.39 is 149 Å². The fraction of sp³-hybridized carbons (Fsp3) is 0.457. The smallest absolute Gasteiger partial charge is 0.303 e. The van der Waals surface area contributed by atoms with Gasteiger partial charge < -0.3 is 78.1 Å². The van der Waals surface area contributed by atoms with Gasteiger partial charge in [0, 0.05) is 45.4 Å². The van der Waals surface area contributed by atoms with Gasteiger partial charge in [0.25, 0.3) is 0 Å². The highest BCUT2D eigenvalue weighted by Gasteiger charge is 2.55. The largest absolute Gasteiger partial charge is 0.508 e. The molecule has 10 atom stereocenters. The number of ether oxygens (including phenoxy) is 8. The van der Waals surface area contributed by atoms with Crippen LogP contribution < -0.4 is 10.2 Å². The number of phenolic OH excluding ortho intramolecular Hbond substituents is 5. The lowest BCUT2D eigenvalue weighted by atomic mass is 9.96. The van der Waals surface area contributed by atoms with E-state index in [0.29, 0.717) is 0 Å². The zero-order valence-corrected chi connectivity index (χ0v) is 30.1. The van der Waals surface area contributed by atoms with Crippen molar-refractivity contribution in [3.63, 3.8) is 0 Å². The molecule has 3 heterocycles. The van der Waals surface area contributed by atoms with Crippen molar-refractivity contribution in [3.05, 3.63) is 34.5 Å². The third-order valence-electron chi connectivity index (χ3n) is 8.50. The molecule has 21 nitrogen and oxygen atoms in total.